The highest BCUT2D eigenvalue weighted by Crippen LogP contribution is 2.04. The van der Waals surface area contributed by atoms with Gasteiger partial charge in [0.05, 0.1) is 12.6 Å². The maximum atomic E-state index is 5.60. The van der Waals surface area contributed by atoms with Crippen molar-refractivity contribution in [2.24, 2.45) is 10.7 Å². The second-order valence-electron chi connectivity index (χ2n) is 2.92. The summed E-state index contributed by atoms with van der Waals surface area (Å²) in [5.74, 6) is 0.535. The number of rotatable bonds is 2. The Bertz CT molecular complexity index is 152. The fourth-order valence-corrected chi connectivity index (χ4v) is 1.28. The highest BCUT2D eigenvalue weighted by molar-refractivity contribution is 5.78. The van der Waals surface area contributed by atoms with Gasteiger partial charge in [-0.25, -0.2) is 0 Å². The number of guanidine groups is 1. The molecule has 12 heavy (non-hydrogen) atoms. The quantitative estimate of drug-likeness (QED) is 0.457. The van der Waals surface area contributed by atoms with Gasteiger partial charge >= 0.3 is 0 Å². The van der Waals surface area contributed by atoms with Gasteiger partial charge in [0, 0.05) is 13.2 Å². The van der Waals surface area contributed by atoms with E-state index in [0.29, 0.717) is 12.0 Å². The molecule has 0 aromatic carbocycles. The van der Waals surface area contributed by atoms with Crippen molar-refractivity contribution < 1.29 is 4.74 Å². The van der Waals surface area contributed by atoms with Crippen molar-refractivity contribution in [2.45, 2.75) is 25.8 Å². The van der Waals surface area contributed by atoms with Gasteiger partial charge in [0.1, 0.15) is 0 Å². The lowest BCUT2D eigenvalue weighted by atomic mass is 10.1. The molecule has 1 atom stereocenters. The Balaban J connectivity index is 2.24. The van der Waals surface area contributed by atoms with E-state index < -0.39 is 0 Å². The van der Waals surface area contributed by atoms with Crippen molar-refractivity contribution >= 4 is 5.96 Å². The summed E-state index contributed by atoms with van der Waals surface area (Å²) in [7, 11) is 0. The molecule has 0 aliphatic carbocycles. The van der Waals surface area contributed by atoms with Crippen LogP contribution in [-0.2, 0) is 4.74 Å². The van der Waals surface area contributed by atoms with Crippen LogP contribution in [0.4, 0.5) is 0 Å². The van der Waals surface area contributed by atoms with E-state index >= 15 is 0 Å². The monoisotopic (exact) mass is 171 g/mol. The summed E-state index contributed by atoms with van der Waals surface area (Å²) in [5, 5.41) is 3.12. The van der Waals surface area contributed by atoms with E-state index in [1.165, 1.54) is 0 Å². The van der Waals surface area contributed by atoms with Crippen LogP contribution in [0.25, 0.3) is 0 Å². The maximum absolute atomic E-state index is 5.60. The Labute approximate surface area is 73.2 Å². The standard InChI is InChI=1S/C8H17N3O/c1-2-10-8(9)11-7-4-3-5-12-6-7/h7H,2-6H2,1H3,(H3,9,10,11). The fourth-order valence-electron chi connectivity index (χ4n) is 1.28. The summed E-state index contributed by atoms with van der Waals surface area (Å²) in [6, 6.07) is 0.356. The van der Waals surface area contributed by atoms with Gasteiger partial charge in [0.25, 0.3) is 0 Å². The van der Waals surface area contributed by atoms with Crippen molar-refractivity contribution in [3.63, 3.8) is 0 Å². The van der Waals surface area contributed by atoms with Crippen molar-refractivity contribution in [3.8, 4) is 0 Å². The third kappa shape index (κ3) is 3.09. The van der Waals surface area contributed by atoms with E-state index in [9.17, 15) is 0 Å². The fraction of sp³-hybridized carbons (Fsp3) is 0.875. The molecule has 1 rings (SSSR count). The van der Waals surface area contributed by atoms with E-state index in [2.05, 4.69) is 10.3 Å². The number of nitrogens with zero attached hydrogens (tertiary/aromatic N) is 1. The molecule has 1 aliphatic heterocycles. The molecule has 3 N–H and O–H groups in total. The van der Waals surface area contributed by atoms with E-state index in [4.69, 9.17) is 10.5 Å². The zero-order chi connectivity index (χ0) is 8.81. The average molecular weight is 171 g/mol. The smallest absolute Gasteiger partial charge is 0.188 e. The first-order chi connectivity index (χ1) is 5.83. The maximum Gasteiger partial charge on any atom is 0.188 e. The average Bonchev–Trinajstić information content (AvgIpc) is 2.06. The lowest BCUT2D eigenvalue weighted by molar-refractivity contribution is 0.0763. The highest BCUT2D eigenvalue weighted by Gasteiger charge is 2.13. The van der Waals surface area contributed by atoms with Crippen molar-refractivity contribution in [3.05, 3.63) is 0 Å². The summed E-state index contributed by atoms with van der Waals surface area (Å²) in [6.45, 7) is 4.32. The molecule has 4 nitrogen and oxygen atoms in total. The summed E-state index contributed by atoms with van der Waals surface area (Å²) in [4.78, 5) is 4.05. The number of nitrogens with one attached hydrogen (secondary N) is 1. The second-order valence-corrected chi connectivity index (χ2v) is 2.92. The molecular formula is C8H17N3O. The van der Waals surface area contributed by atoms with Crippen LogP contribution in [0.5, 0.6) is 0 Å². The Kier molecular flexibility index (Phi) is 3.87. The van der Waals surface area contributed by atoms with Crippen molar-refractivity contribution in [2.75, 3.05) is 19.8 Å². The molecule has 0 radical (unpaired) electrons. The summed E-state index contributed by atoms with van der Waals surface area (Å²) >= 11 is 0. The molecule has 1 fully saturated rings. The van der Waals surface area contributed by atoms with Gasteiger partial charge < -0.3 is 15.8 Å². The molecule has 0 aromatic rings. The number of aliphatic imine (C=N–C) groups is 1. The zero-order valence-electron chi connectivity index (χ0n) is 7.55. The van der Waals surface area contributed by atoms with E-state index in [1.807, 2.05) is 6.92 Å². The first-order valence-electron chi connectivity index (χ1n) is 4.47. The third-order valence-corrected chi connectivity index (χ3v) is 1.84. The summed E-state index contributed by atoms with van der Waals surface area (Å²) in [5.41, 5.74) is 5.60. The molecule has 1 heterocycles. The molecule has 70 valence electrons. The van der Waals surface area contributed by atoms with Crippen LogP contribution in [-0.4, -0.2) is 31.8 Å². The van der Waals surface area contributed by atoms with Crippen LogP contribution in [0.2, 0.25) is 0 Å². The Hall–Kier alpha value is -0.770. The minimum atomic E-state index is 0.356. The molecule has 0 spiro atoms. The van der Waals surface area contributed by atoms with Crippen LogP contribution in [0, 0.1) is 0 Å². The molecule has 0 aromatic heterocycles. The summed E-state index contributed by atoms with van der Waals surface area (Å²) in [6.07, 6.45) is 2.23. The molecule has 1 saturated heterocycles. The first kappa shape index (κ1) is 9.32. The van der Waals surface area contributed by atoms with Crippen LogP contribution < -0.4 is 11.1 Å². The van der Waals surface area contributed by atoms with Crippen LogP contribution in [0.1, 0.15) is 19.8 Å². The molecule has 4 heteroatoms. The highest BCUT2D eigenvalue weighted by atomic mass is 16.5. The van der Waals surface area contributed by atoms with Crippen molar-refractivity contribution in [1.82, 2.24) is 5.32 Å². The largest absolute Gasteiger partial charge is 0.379 e. The van der Waals surface area contributed by atoms with Gasteiger partial charge in [-0.2, -0.15) is 0 Å². The molecular weight excluding hydrogens is 154 g/mol. The number of ether oxygens (including phenoxy) is 1. The van der Waals surface area contributed by atoms with E-state index in [1.54, 1.807) is 0 Å². The van der Waals surface area contributed by atoms with Gasteiger partial charge in [-0.3, -0.25) is 4.99 Å². The predicted octanol–water partition coefficient (Wildman–Crippen LogP) is 0.0896. The van der Waals surface area contributed by atoms with E-state index in [-0.39, 0.29) is 0 Å². The van der Waals surface area contributed by atoms with Crippen LogP contribution >= 0.6 is 0 Å². The molecule has 1 aliphatic rings. The molecule has 0 saturated carbocycles. The topological polar surface area (TPSA) is 59.6 Å². The van der Waals surface area contributed by atoms with Gasteiger partial charge in [-0.05, 0) is 19.8 Å². The molecule has 0 bridgehead atoms. The minimum Gasteiger partial charge on any atom is -0.379 e. The summed E-state index contributed by atoms with van der Waals surface area (Å²) < 4.78 is 5.29. The first-order valence-corrected chi connectivity index (χ1v) is 4.47. The van der Waals surface area contributed by atoms with Crippen LogP contribution in [0.3, 0.4) is 0 Å². The third-order valence-electron chi connectivity index (χ3n) is 1.84. The van der Waals surface area contributed by atoms with Crippen LogP contribution in [0.15, 0.2) is 4.99 Å². The van der Waals surface area contributed by atoms with Gasteiger partial charge in [-0.15, -0.1) is 0 Å². The normalized spacial score (nSPS) is 25.4. The number of hydrogen-bond acceptors (Lipinski definition) is 2. The lowest BCUT2D eigenvalue weighted by Gasteiger charge is -2.23. The SMILES string of the molecule is CCN=C(N)NC1CCCOC1. The number of nitrogens with two attached hydrogens (primary N) is 1. The Morgan fingerprint density at radius 3 is 3.17 bits per heavy atom. The number of hydrogen-bond donors (Lipinski definition) is 2. The van der Waals surface area contributed by atoms with E-state index in [0.717, 1.165) is 32.6 Å². The second kappa shape index (κ2) is 4.98. The molecule has 1 unspecified atom stereocenters. The van der Waals surface area contributed by atoms with Gasteiger partial charge in [-0.1, -0.05) is 0 Å². The molecule has 0 amide bonds. The Morgan fingerprint density at radius 1 is 1.75 bits per heavy atom. The minimum absolute atomic E-state index is 0.356. The lowest BCUT2D eigenvalue weighted by Crippen LogP contribution is -2.44. The zero-order valence-corrected chi connectivity index (χ0v) is 7.55. The van der Waals surface area contributed by atoms with Gasteiger partial charge in [0.15, 0.2) is 5.96 Å². The van der Waals surface area contributed by atoms with Crippen molar-refractivity contribution in [1.29, 1.82) is 0 Å². The van der Waals surface area contributed by atoms with Gasteiger partial charge in [0.2, 0.25) is 0 Å². The Morgan fingerprint density at radius 2 is 2.58 bits per heavy atom. The predicted molar refractivity (Wildman–Crippen MR) is 49.1 cm³/mol.